The van der Waals surface area contributed by atoms with E-state index in [0.717, 1.165) is 17.9 Å². The molecule has 0 radical (unpaired) electrons. The summed E-state index contributed by atoms with van der Waals surface area (Å²) in [4.78, 5) is 4.24. The number of ether oxygens (including phenoxy) is 1. The molecule has 21 heavy (non-hydrogen) atoms. The first-order valence-electron chi connectivity index (χ1n) is 7.18. The summed E-state index contributed by atoms with van der Waals surface area (Å²) in [5.74, 6) is 0.777. The van der Waals surface area contributed by atoms with Crippen molar-refractivity contribution in [1.29, 1.82) is 0 Å². The van der Waals surface area contributed by atoms with Gasteiger partial charge >= 0.3 is 0 Å². The number of hydrogen-bond acceptors (Lipinski definition) is 3. The highest BCUT2D eigenvalue weighted by Gasteiger charge is 2.21. The van der Waals surface area contributed by atoms with Gasteiger partial charge in [0.15, 0.2) is 0 Å². The third kappa shape index (κ3) is 4.19. The van der Waals surface area contributed by atoms with Gasteiger partial charge in [-0.15, -0.1) is 0 Å². The SMILES string of the molecule is CCNC(c1cnccc1C)C(C)Oc1cccc(Cl)c1. The number of benzene rings is 1. The van der Waals surface area contributed by atoms with Crippen LogP contribution in [-0.4, -0.2) is 17.6 Å². The Morgan fingerprint density at radius 3 is 2.81 bits per heavy atom. The number of rotatable bonds is 6. The maximum Gasteiger partial charge on any atom is 0.121 e. The van der Waals surface area contributed by atoms with E-state index in [9.17, 15) is 0 Å². The number of aromatic nitrogens is 1. The van der Waals surface area contributed by atoms with E-state index in [-0.39, 0.29) is 12.1 Å². The molecule has 2 rings (SSSR count). The Morgan fingerprint density at radius 1 is 1.33 bits per heavy atom. The van der Waals surface area contributed by atoms with E-state index in [0.29, 0.717) is 5.02 Å². The topological polar surface area (TPSA) is 34.2 Å². The summed E-state index contributed by atoms with van der Waals surface area (Å²) < 4.78 is 6.04. The highest BCUT2D eigenvalue weighted by molar-refractivity contribution is 6.30. The molecule has 2 aromatic rings. The van der Waals surface area contributed by atoms with E-state index in [1.54, 1.807) is 0 Å². The Morgan fingerprint density at radius 2 is 2.14 bits per heavy atom. The Kier molecular flexibility index (Phi) is 5.59. The zero-order valence-electron chi connectivity index (χ0n) is 12.6. The second-order valence-corrected chi connectivity index (χ2v) is 5.48. The second-order valence-electron chi connectivity index (χ2n) is 5.05. The summed E-state index contributed by atoms with van der Waals surface area (Å²) in [6, 6.07) is 9.58. The van der Waals surface area contributed by atoms with Crippen molar-refractivity contribution < 1.29 is 4.74 Å². The minimum atomic E-state index is -0.0358. The van der Waals surface area contributed by atoms with Crippen LogP contribution in [0, 0.1) is 6.92 Å². The number of nitrogens with zero attached hydrogens (tertiary/aromatic N) is 1. The first kappa shape index (κ1) is 15.8. The van der Waals surface area contributed by atoms with E-state index in [1.165, 1.54) is 5.56 Å². The van der Waals surface area contributed by atoms with Gasteiger partial charge in [0.05, 0.1) is 6.04 Å². The monoisotopic (exact) mass is 304 g/mol. The van der Waals surface area contributed by atoms with E-state index in [4.69, 9.17) is 16.3 Å². The maximum absolute atomic E-state index is 6.04. The minimum Gasteiger partial charge on any atom is -0.489 e. The van der Waals surface area contributed by atoms with Crippen LogP contribution < -0.4 is 10.1 Å². The van der Waals surface area contributed by atoms with Crippen LogP contribution in [0.25, 0.3) is 0 Å². The van der Waals surface area contributed by atoms with Gasteiger partial charge in [-0.3, -0.25) is 4.98 Å². The molecule has 0 aliphatic rings. The smallest absolute Gasteiger partial charge is 0.121 e. The lowest BCUT2D eigenvalue weighted by molar-refractivity contribution is 0.171. The van der Waals surface area contributed by atoms with E-state index in [2.05, 4.69) is 31.1 Å². The molecule has 0 saturated heterocycles. The number of aryl methyl sites for hydroxylation is 1. The van der Waals surface area contributed by atoms with Gasteiger partial charge in [-0.1, -0.05) is 24.6 Å². The molecule has 112 valence electrons. The fourth-order valence-corrected chi connectivity index (χ4v) is 2.55. The van der Waals surface area contributed by atoms with Crippen LogP contribution in [0.4, 0.5) is 0 Å². The number of nitrogens with one attached hydrogen (secondary N) is 1. The zero-order chi connectivity index (χ0) is 15.2. The van der Waals surface area contributed by atoms with Gasteiger partial charge in [-0.05, 0) is 55.8 Å². The third-order valence-electron chi connectivity index (χ3n) is 3.43. The Bertz CT molecular complexity index is 589. The molecule has 0 aliphatic carbocycles. The zero-order valence-corrected chi connectivity index (χ0v) is 13.4. The van der Waals surface area contributed by atoms with Gasteiger partial charge in [0.25, 0.3) is 0 Å². The number of hydrogen-bond donors (Lipinski definition) is 1. The summed E-state index contributed by atoms with van der Waals surface area (Å²) in [6.45, 7) is 7.10. The number of pyridine rings is 1. The normalized spacial score (nSPS) is 13.7. The molecule has 0 aliphatic heterocycles. The molecule has 1 heterocycles. The van der Waals surface area contributed by atoms with E-state index < -0.39 is 0 Å². The van der Waals surface area contributed by atoms with Crippen molar-refractivity contribution in [3.05, 3.63) is 58.9 Å². The van der Waals surface area contributed by atoms with E-state index in [1.807, 2.05) is 42.7 Å². The molecule has 0 spiro atoms. The minimum absolute atomic E-state index is 0.0358. The van der Waals surface area contributed by atoms with Crippen molar-refractivity contribution >= 4 is 11.6 Å². The van der Waals surface area contributed by atoms with Gasteiger partial charge in [-0.2, -0.15) is 0 Å². The molecule has 0 fully saturated rings. The second kappa shape index (κ2) is 7.43. The molecule has 0 bridgehead atoms. The van der Waals surface area contributed by atoms with Crippen molar-refractivity contribution in [2.75, 3.05) is 6.54 Å². The predicted octanol–water partition coefficient (Wildman–Crippen LogP) is 4.16. The van der Waals surface area contributed by atoms with Crippen LogP contribution in [0.3, 0.4) is 0 Å². The summed E-state index contributed by atoms with van der Waals surface area (Å²) in [7, 11) is 0. The van der Waals surface area contributed by atoms with Crippen LogP contribution in [0.2, 0.25) is 5.02 Å². The van der Waals surface area contributed by atoms with Gasteiger partial charge in [-0.25, -0.2) is 0 Å². The molecule has 1 N–H and O–H groups in total. The Balaban J connectivity index is 2.20. The summed E-state index contributed by atoms with van der Waals surface area (Å²) in [6.07, 6.45) is 3.68. The standard InChI is InChI=1S/C17H21ClN2O/c1-4-20-17(16-11-19-9-8-12(16)2)13(3)21-15-7-5-6-14(18)10-15/h5-11,13,17,20H,4H2,1-3H3. The molecule has 1 aromatic heterocycles. The maximum atomic E-state index is 6.04. The quantitative estimate of drug-likeness (QED) is 0.870. The van der Waals surface area contributed by atoms with Crippen molar-refractivity contribution in [2.24, 2.45) is 0 Å². The molecule has 0 amide bonds. The van der Waals surface area contributed by atoms with Crippen LogP contribution in [0.1, 0.15) is 31.0 Å². The summed E-state index contributed by atoms with van der Waals surface area (Å²) in [5.41, 5.74) is 2.37. The first-order chi connectivity index (χ1) is 10.1. The highest BCUT2D eigenvalue weighted by Crippen LogP contribution is 2.25. The molecule has 1 aromatic carbocycles. The molecule has 2 unspecified atom stereocenters. The first-order valence-corrected chi connectivity index (χ1v) is 7.55. The number of likely N-dealkylation sites (N-methyl/N-ethyl adjacent to an activating group) is 1. The Hall–Kier alpha value is -1.58. The molecule has 0 saturated carbocycles. The summed E-state index contributed by atoms with van der Waals surface area (Å²) >= 11 is 6.01. The molecule has 2 atom stereocenters. The van der Waals surface area contributed by atoms with Crippen molar-refractivity contribution in [3.8, 4) is 5.75 Å². The lowest BCUT2D eigenvalue weighted by Gasteiger charge is -2.27. The Labute approximate surface area is 131 Å². The van der Waals surface area contributed by atoms with Gasteiger partial charge in [0, 0.05) is 17.4 Å². The van der Waals surface area contributed by atoms with Gasteiger partial charge < -0.3 is 10.1 Å². The number of halogens is 1. The predicted molar refractivity (Wildman–Crippen MR) is 86.9 cm³/mol. The average Bonchev–Trinajstić information content (AvgIpc) is 2.45. The van der Waals surface area contributed by atoms with Crippen molar-refractivity contribution in [2.45, 2.75) is 32.9 Å². The summed E-state index contributed by atoms with van der Waals surface area (Å²) in [5, 5.41) is 4.15. The lowest BCUT2D eigenvalue weighted by atomic mass is 9.99. The largest absolute Gasteiger partial charge is 0.489 e. The van der Waals surface area contributed by atoms with Crippen LogP contribution in [-0.2, 0) is 0 Å². The lowest BCUT2D eigenvalue weighted by Crippen LogP contribution is -2.34. The fourth-order valence-electron chi connectivity index (χ4n) is 2.37. The molecular weight excluding hydrogens is 284 g/mol. The van der Waals surface area contributed by atoms with Crippen LogP contribution in [0.15, 0.2) is 42.7 Å². The molecular formula is C17H21ClN2O. The third-order valence-corrected chi connectivity index (χ3v) is 3.66. The molecule has 4 heteroatoms. The van der Waals surface area contributed by atoms with E-state index >= 15 is 0 Å². The van der Waals surface area contributed by atoms with Crippen LogP contribution in [0.5, 0.6) is 5.75 Å². The fraction of sp³-hybridized carbons (Fsp3) is 0.353. The highest BCUT2D eigenvalue weighted by atomic mass is 35.5. The average molecular weight is 305 g/mol. The van der Waals surface area contributed by atoms with Gasteiger partial charge in [0.1, 0.15) is 11.9 Å². The van der Waals surface area contributed by atoms with Crippen molar-refractivity contribution in [3.63, 3.8) is 0 Å². The molecule has 3 nitrogen and oxygen atoms in total. The van der Waals surface area contributed by atoms with Gasteiger partial charge in [0.2, 0.25) is 0 Å². The van der Waals surface area contributed by atoms with Crippen molar-refractivity contribution in [1.82, 2.24) is 10.3 Å². The van der Waals surface area contributed by atoms with Crippen LogP contribution >= 0.6 is 11.6 Å².